The molecule has 0 aliphatic heterocycles. The van der Waals surface area contributed by atoms with E-state index < -0.39 is 0 Å². The lowest BCUT2D eigenvalue weighted by Crippen LogP contribution is -2.11. The molecule has 0 rings (SSSR count). The molecule has 0 aliphatic rings. The molecular formula is C8H14N2O5-2. The van der Waals surface area contributed by atoms with Crippen LogP contribution in [0.2, 0.25) is 0 Å². The highest BCUT2D eigenvalue weighted by atomic mass is 16.3. The molecule has 0 aromatic rings. The van der Waals surface area contributed by atoms with Crippen molar-refractivity contribution in [2.45, 2.75) is 12.8 Å². The lowest BCUT2D eigenvalue weighted by molar-refractivity contribution is 0.136. The number of nitrogens with zero attached hydrogens (tertiary/aromatic N) is 2. The summed E-state index contributed by atoms with van der Waals surface area (Å²) < 4.78 is 0. The maximum Gasteiger partial charge on any atom is 0.0481 e. The summed E-state index contributed by atoms with van der Waals surface area (Å²) >= 11 is 0. The van der Waals surface area contributed by atoms with E-state index in [1.165, 1.54) is 0 Å². The van der Waals surface area contributed by atoms with Crippen LogP contribution in [0.15, 0.2) is 0 Å². The van der Waals surface area contributed by atoms with Crippen LogP contribution in [0.5, 0.6) is 0 Å². The Morgan fingerprint density at radius 3 is 1.53 bits per heavy atom. The van der Waals surface area contributed by atoms with E-state index >= 15 is 0 Å². The lowest BCUT2D eigenvalue weighted by Gasteiger charge is -2.07. The molecule has 0 atom stereocenters. The Morgan fingerprint density at radius 1 is 1.00 bits per heavy atom. The molecule has 0 fully saturated rings. The number of aliphatic hydroxyl groups excluding tert-OH is 3. The van der Waals surface area contributed by atoms with Gasteiger partial charge in [0.15, 0.2) is 0 Å². The smallest absolute Gasteiger partial charge is 0.0481 e. The first kappa shape index (κ1) is 19.2. The van der Waals surface area contributed by atoms with Crippen molar-refractivity contribution in [1.82, 2.24) is 0 Å². The van der Waals surface area contributed by atoms with E-state index in [2.05, 4.69) is 0 Å². The molecule has 0 saturated heterocycles. The summed E-state index contributed by atoms with van der Waals surface area (Å²) in [6.45, 7) is 0.156. The molecule has 88 valence electrons. The predicted molar refractivity (Wildman–Crippen MR) is 52.1 cm³/mol. The topological polar surface area (TPSA) is 139 Å². The van der Waals surface area contributed by atoms with Gasteiger partial charge in [0.05, 0.1) is 0 Å². The summed E-state index contributed by atoms with van der Waals surface area (Å²) in [6.07, 6.45) is 2.36. The second-order valence-corrected chi connectivity index (χ2v) is 2.28. The Balaban J connectivity index is -0.000000200. The van der Waals surface area contributed by atoms with Gasteiger partial charge in [0, 0.05) is 25.7 Å². The standard InChI is InChI=1S/C6H14O3.2CNO/c7-3-1-2-6(4-8)5-9;2*2-1-3/h6-9H,1-5H2;;/q;2*-1. The monoisotopic (exact) mass is 218 g/mol. The second-order valence-electron chi connectivity index (χ2n) is 2.28. The Hall–Kier alpha value is -1.36. The minimum Gasteiger partial charge on any atom is -0.724 e. The first-order valence-electron chi connectivity index (χ1n) is 4.03. The van der Waals surface area contributed by atoms with Crippen molar-refractivity contribution in [1.29, 1.82) is 0 Å². The molecule has 0 aromatic heterocycles. The quantitative estimate of drug-likeness (QED) is 0.407. The molecule has 0 radical (unpaired) electrons. The van der Waals surface area contributed by atoms with Crippen molar-refractivity contribution < 1.29 is 24.9 Å². The molecule has 0 heterocycles. The van der Waals surface area contributed by atoms with Crippen molar-refractivity contribution in [2.75, 3.05) is 19.8 Å². The van der Waals surface area contributed by atoms with Crippen LogP contribution in [0.25, 0.3) is 10.8 Å². The van der Waals surface area contributed by atoms with Gasteiger partial charge in [-0.15, -0.1) is 0 Å². The van der Waals surface area contributed by atoms with Crippen LogP contribution in [0.4, 0.5) is 0 Å². The van der Waals surface area contributed by atoms with Crippen LogP contribution in [0, 0.1) is 5.92 Å². The number of rotatable bonds is 5. The minimum absolute atomic E-state index is 0.0104. The van der Waals surface area contributed by atoms with Crippen molar-refractivity contribution in [2.24, 2.45) is 5.92 Å². The largest absolute Gasteiger partial charge is 0.724 e. The van der Waals surface area contributed by atoms with Gasteiger partial charge < -0.3 is 26.1 Å². The molecule has 15 heavy (non-hydrogen) atoms. The first-order chi connectivity index (χ1) is 7.17. The average Bonchev–Trinajstić information content (AvgIpc) is 2.22. The summed E-state index contributed by atoms with van der Waals surface area (Å²) in [6, 6.07) is 0. The van der Waals surface area contributed by atoms with Crippen molar-refractivity contribution >= 4 is 12.2 Å². The second kappa shape index (κ2) is 22.9. The third kappa shape index (κ3) is 32.5. The Labute approximate surface area is 87.4 Å². The highest BCUT2D eigenvalue weighted by molar-refractivity contribution is 5.37. The van der Waals surface area contributed by atoms with Crippen LogP contribution in [0.1, 0.15) is 12.8 Å². The minimum atomic E-state index is -0.0443. The van der Waals surface area contributed by atoms with E-state index in [4.69, 9.17) is 35.7 Å². The maximum atomic E-state index is 8.51. The van der Waals surface area contributed by atoms with Crippen LogP contribution >= 0.6 is 0 Å². The fourth-order valence-corrected chi connectivity index (χ4v) is 0.620. The van der Waals surface area contributed by atoms with E-state index in [0.29, 0.717) is 25.0 Å². The van der Waals surface area contributed by atoms with Gasteiger partial charge in [-0.3, -0.25) is 9.59 Å². The SMILES string of the molecule is OCCCC(CO)CO.[N-]=C=O.[N-]=C=O. The Kier molecular flexibility index (Phi) is 29.4. The van der Waals surface area contributed by atoms with Gasteiger partial charge in [0.2, 0.25) is 0 Å². The molecule has 0 aliphatic carbocycles. The third-order valence-electron chi connectivity index (χ3n) is 1.29. The number of isocyanates is 2. The van der Waals surface area contributed by atoms with Gasteiger partial charge in [-0.2, -0.15) is 0 Å². The Morgan fingerprint density at radius 2 is 1.33 bits per heavy atom. The van der Waals surface area contributed by atoms with Gasteiger partial charge >= 0.3 is 0 Å². The van der Waals surface area contributed by atoms with Crippen LogP contribution in [-0.4, -0.2) is 47.3 Å². The van der Waals surface area contributed by atoms with Gasteiger partial charge in [0.25, 0.3) is 0 Å². The molecular weight excluding hydrogens is 204 g/mol. The maximum absolute atomic E-state index is 8.51. The lowest BCUT2D eigenvalue weighted by atomic mass is 10.1. The fraction of sp³-hybridized carbons (Fsp3) is 0.750. The van der Waals surface area contributed by atoms with Crippen LogP contribution in [0.3, 0.4) is 0 Å². The highest BCUT2D eigenvalue weighted by Gasteiger charge is 2.03. The fourth-order valence-electron chi connectivity index (χ4n) is 0.620. The summed E-state index contributed by atoms with van der Waals surface area (Å²) in [7, 11) is 0. The van der Waals surface area contributed by atoms with E-state index in [1.807, 2.05) is 0 Å². The summed E-state index contributed by atoms with van der Waals surface area (Å²) in [4.78, 5) is 16.5. The zero-order chi connectivity index (χ0) is 12.5. The van der Waals surface area contributed by atoms with Gasteiger partial charge in [-0.1, -0.05) is 0 Å². The van der Waals surface area contributed by atoms with Crippen LogP contribution < -0.4 is 0 Å². The number of hydrogen-bond acceptors (Lipinski definition) is 5. The third-order valence-corrected chi connectivity index (χ3v) is 1.29. The normalized spacial score (nSPS) is 7.47. The summed E-state index contributed by atoms with van der Waals surface area (Å²) in [5.41, 5.74) is 0. The molecule has 3 N–H and O–H groups in total. The number of carbonyl (C=O) groups excluding carboxylic acids is 2. The highest BCUT2D eigenvalue weighted by Crippen LogP contribution is 2.02. The molecule has 0 saturated carbocycles. The van der Waals surface area contributed by atoms with Gasteiger partial charge in [0.1, 0.15) is 0 Å². The number of hydrogen-bond donors (Lipinski definition) is 3. The van der Waals surface area contributed by atoms with Gasteiger partial charge in [-0.25, -0.2) is 0 Å². The van der Waals surface area contributed by atoms with E-state index in [-0.39, 0.29) is 25.7 Å². The summed E-state index contributed by atoms with van der Waals surface area (Å²) in [5, 5.41) is 38.9. The molecule has 0 amide bonds. The molecule has 0 aromatic carbocycles. The predicted octanol–water partition coefficient (Wildman–Crippen LogP) is -0.857. The van der Waals surface area contributed by atoms with Crippen molar-refractivity contribution in [3.8, 4) is 0 Å². The first-order valence-corrected chi connectivity index (χ1v) is 4.03. The molecule has 7 nitrogen and oxygen atoms in total. The van der Waals surface area contributed by atoms with Gasteiger partial charge in [-0.05, 0) is 25.0 Å². The van der Waals surface area contributed by atoms with Crippen molar-refractivity contribution in [3.05, 3.63) is 10.8 Å². The zero-order valence-corrected chi connectivity index (χ0v) is 8.17. The van der Waals surface area contributed by atoms with E-state index in [0.717, 1.165) is 0 Å². The average molecular weight is 218 g/mol. The molecule has 7 heteroatoms. The summed E-state index contributed by atoms with van der Waals surface area (Å²) in [5.74, 6) is -0.0443. The molecule has 0 spiro atoms. The van der Waals surface area contributed by atoms with E-state index in [9.17, 15) is 0 Å². The van der Waals surface area contributed by atoms with Crippen molar-refractivity contribution in [3.63, 3.8) is 0 Å². The zero-order valence-electron chi connectivity index (χ0n) is 8.17. The number of aliphatic hydroxyl groups is 3. The Bertz CT molecular complexity index is 158. The molecule has 0 unspecified atom stereocenters. The van der Waals surface area contributed by atoms with E-state index in [1.54, 1.807) is 0 Å². The van der Waals surface area contributed by atoms with Crippen LogP contribution in [-0.2, 0) is 9.59 Å². The molecule has 0 bridgehead atoms.